The van der Waals surface area contributed by atoms with Crippen molar-refractivity contribution in [2.24, 2.45) is 5.73 Å². The van der Waals surface area contributed by atoms with Crippen LogP contribution >= 0.6 is 12.6 Å². The Morgan fingerprint density at radius 2 is 1.77 bits per heavy atom. The number of carbonyl (C=O) groups is 1. The zero-order chi connectivity index (χ0) is 10.4. The van der Waals surface area contributed by atoms with Crippen molar-refractivity contribution in [3.05, 3.63) is 0 Å². The smallest absolute Gasteiger partial charge is 0.759 e. The molecule has 10 heteroatoms. The first-order valence-corrected chi connectivity index (χ1v) is 4.41. The summed E-state index contributed by atoms with van der Waals surface area (Å²) in [6, 6.07) is -0.816. The molecule has 13 heavy (non-hydrogen) atoms. The molecule has 0 amide bonds. The summed E-state index contributed by atoms with van der Waals surface area (Å²) in [7, 11) is -5.17. The number of rotatable bonds is 2. The Bertz CT molecular complexity index is 220. The van der Waals surface area contributed by atoms with E-state index in [0.29, 0.717) is 0 Å². The van der Waals surface area contributed by atoms with E-state index >= 15 is 0 Å². The van der Waals surface area contributed by atoms with E-state index in [9.17, 15) is 4.79 Å². The molecule has 7 nitrogen and oxygen atoms in total. The molecule has 0 aliphatic carbocycles. The monoisotopic (exact) mass is 273 g/mol. The molecule has 1 unspecified atom stereocenters. The van der Waals surface area contributed by atoms with E-state index in [1.165, 1.54) is 0 Å². The van der Waals surface area contributed by atoms with Gasteiger partial charge in [-0.2, -0.15) is 12.6 Å². The molecule has 0 saturated carbocycles. The predicted molar refractivity (Wildman–Crippen MR) is 39.9 cm³/mol. The molecule has 0 aliphatic rings. The van der Waals surface area contributed by atoms with Crippen LogP contribution in [0.5, 0.6) is 0 Å². The second kappa shape index (κ2) is 8.75. The molecule has 1 atom stereocenters. The molecule has 0 spiro atoms. The largest absolute Gasteiger partial charge is 2.00 e. The van der Waals surface area contributed by atoms with E-state index in [1.54, 1.807) is 0 Å². The molecule has 0 rings (SSSR count). The van der Waals surface area contributed by atoms with Crippen LogP contribution in [-0.2, 0) is 32.3 Å². The Morgan fingerprint density at radius 3 is 1.77 bits per heavy atom. The topological polar surface area (TPSA) is 144 Å². The van der Waals surface area contributed by atoms with Gasteiger partial charge in [-0.3, -0.25) is 13.2 Å². The van der Waals surface area contributed by atoms with Crippen molar-refractivity contribution in [1.29, 1.82) is 0 Å². The van der Waals surface area contributed by atoms with Crippen molar-refractivity contribution >= 4 is 29.0 Å². The second-order valence-electron chi connectivity index (χ2n) is 1.54. The van der Waals surface area contributed by atoms with E-state index in [-0.39, 0.29) is 22.8 Å². The van der Waals surface area contributed by atoms with Gasteiger partial charge >= 0.3 is 23.0 Å². The van der Waals surface area contributed by atoms with Crippen LogP contribution in [0.4, 0.5) is 0 Å². The van der Waals surface area contributed by atoms with Crippen LogP contribution in [0.15, 0.2) is 0 Å². The Kier molecular flexibility index (Phi) is 12.7. The first-order chi connectivity index (χ1) is 5.18. The first kappa shape index (κ1) is 18.9. The summed E-state index contributed by atoms with van der Waals surface area (Å²) in [5.74, 6) is -0.815. The maximum atomic E-state index is 9.76. The number of aliphatic carboxylic acids is 1. The van der Waals surface area contributed by atoms with Crippen LogP contribution in [-0.4, -0.2) is 40.4 Å². The molecule has 0 saturated heterocycles. The van der Waals surface area contributed by atoms with Gasteiger partial charge in [0.05, 0.1) is 0 Å². The third-order valence-electron chi connectivity index (χ3n) is 0.514. The standard InChI is InChI=1S/C3H7NO2S.Fe.H2O4S/c4-2(1-7)3(5)6;;1-5(2,3)4/h2,7H,1,4H2,(H,5,6);;(H2,1,2,3,4)/q;+2;/p-2. The Morgan fingerprint density at radius 1 is 1.54 bits per heavy atom. The quantitative estimate of drug-likeness (QED) is 0.228. The Balaban J connectivity index is -0.000000150. The summed E-state index contributed by atoms with van der Waals surface area (Å²) in [5.41, 5.74) is 4.94. The number of hydrogen-bond donors (Lipinski definition) is 3. The fourth-order valence-electron chi connectivity index (χ4n) is 0.0781. The summed E-state index contributed by atoms with van der Waals surface area (Å²) in [4.78, 5) is 9.76. The fraction of sp³-hybridized carbons (Fsp3) is 0.667. The van der Waals surface area contributed by atoms with Crippen molar-refractivity contribution in [2.45, 2.75) is 6.04 Å². The van der Waals surface area contributed by atoms with E-state index in [1.807, 2.05) is 0 Å². The van der Waals surface area contributed by atoms with Gasteiger partial charge in [0.1, 0.15) is 6.04 Å². The minimum absolute atomic E-state index is 0. The SMILES string of the molecule is NC(CS)C(=O)O.O=S(=O)([O-])[O-].[Fe+2]. The van der Waals surface area contributed by atoms with Gasteiger partial charge in [0, 0.05) is 16.2 Å². The maximum absolute atomic E-state index is 9.76. The van der Waals surface area contributed by atoms with Crippen molar-refractivity contribution in [2.75, 3.05) is 5.75 Å². The van der Waals surface area contributed by atoms with Gasteiger partial charge in [-0.05, 0) is 0 Å². The third kappa shape index (κ3) is 33.1. The summed E-state index contributed by atoms with van der Waals surface area (Å²) in [6.07, 6.45) is 0. The zero-order valence-corrected chi connectivity index (χ0v) is 8.87. The van der Waals surface area contributed by atoms with Gasteiger partial charge in [0.25, 0.3) is 0 Å². The summed E-state index contributed by atoms with van der Waals surface area (Å²) in [6.45, 7) is 0. The van der Waals surface area contributed by atoms with Crippen LogP contribution in [0, 0.1) is 0 Å². The molecule has 0 radical (unpaired) electrons. The molecule has 3 N–H and O–H groups in total. The minimum Gasteiger partial charge on any atom is -0.759 e. The molecule has 0 aromatic carbocycles. The first-order valence-electron chi connectivity index (χ1n) is 2.44. The van der Waals surface area contributed by atoms with Crippen molar-refractivity contribution in [1.82, 2.24) is 0 Å². The van der Waals surface area contributed by atoms with Gasteiger partial charge in [0.2, 0.25) is 0 Å². The van der Waals surface area contributed by atoms with Crippen LogP contribution in [0.25, 0.3) is 0 Å². The van der Waals surface area contributed by atoms with Crippen LogP contribution < -0.4 is 5.73 Å². The van der Waals surface area contributed by atoms with Crippen LogP contribution in [0.1, 0.15) is 0 Å². The number of hydrogen-bond acceptors (Lipinski definition) is 7. The number of carboxylic acid groups (broad SMARTS) is 1. The van der Waals surface area contributed by atoms with E-state index in [2.05, 4.69) is 12.6 Å². The van der Waals surface area contributed by atoms with E-state index in [4.69, 9.17) is 28.4 Å². The Labute approximate surface area is 91.2 Å². The van der Waals surface area contributed by atoms with Crippen LogP contribution in [0.2, 0.25) is 0 Å². The van der Waals surface area contributed by atoms with Gasteiger partial charge in [-0.15, -0.1) is 0 Å². The average molecular weight is 273 g/mol. The molecular weight excluding hydrogens is 266 g/mol. The zero-order valence-electron chi connectivity index (χ0n) is 6.06. The number of carboxylic acids is 1. The molecule has 0 bridgehead atoms. The van der Waals surface area contributed by atoms with Gasteiger partial charge < -0.3 is 19.9 Å². The molecular formula is C3H7FeNO6S2. The molecule has 80 valence electrons. The van der Waals surface area contributed by atoms with Crippen molar-refractivity contribution < 1.29 is 44.5 Å². The normalized spacial score (nSPS) is 11.7. The van der Waals surface area contributed by atoms with Crippen molar-refractivity contribution in [3.63, 3.8) is 0 Å². The second-order valence-corrected chi connectivity index (χ2v) is 2.72. The summed E-state index contributed by atoms with van der Waals surface area (Å²) in [5, 5.41) is 8.01. The molecule has 0 fully saturated rings. The molecule has 0 aromatic heterocycles. The summed E-state index contributed by atoms with van der Waals surface area (Å²) >= 11 is 3.65. The molecule has 0 heterocycles. The van der Waals surface area contributed by atoms with Gasteiger partial charge in [-0.25, -0.2) is 0 Å². The number of nitrogens with two attached hydrogens (primary N) is 1. The molecule has 0 aliphatic heterocycles. The fourth-order valence-corrected chi connectivity index (χ4v) is 0.234. The minimum atomic E-state index is -5.17. The Hall–Kier alpha value is 0.169. The van der Waals surface area contributed by atoms with Crippen molar-refractivity contribution in [3.8, 4) is 0 Å². The van der Waals surface area contributed by atoms with Gasteiger partial charge in [0.15, 0.2) is 0 Å². The molecule has 0 aromatic rings. The van der Waals surface area contributed by atoms with Crippen LogP contribution in [0.3, 0.4) is 0 Å². The maximum Gasteiger partial charge on any atom is 2.00 e. The van der Waals surface area contributed by atoms with E-state index in [0.717, 1.165) is 0 Å². The predicted octanol–water partition coefficient (Wildman–Crippen LogP) is -2.01. The van der Waals surface area contributed by atoms with E-state index < -0.39 is 22.4 Å². The number of thiol groups is 1. The average Bonchev–Trinajstić information content (AvgIpc) is 1.82. The third-order valence-corrected chi connectivity index (χ3v) is 0.907. The van der Waals surface area contributed by atoms with Gasteiger partial charge in [-0.1, -0.05) is 0 Å². The summed E-state index contributed by atoms with van der Waals surface area (Å²) < 4.78 is 34.1.